The summed E-state index contributed by atoms with van der Waals surface area (Å²) >= 11 is 7.44. The largest absolute Gasteiger partial charge is 0.448 e. The number of carbonyl (C=O) groups excluding carboxylic acids is 2. The molecule has 0 aliphatic heterocycles. The Kier molecular flexibility index (Phi) is 5.69. The highest BCUT2D eigenvalue weighted by molar-refractivity contribution is 7.14. The van der Waals surface area contributed by atoms with Gasteiger partial charge in [-0.3, -0.25) is 15.1 Å². The van der Waals surface area contributed by atoms with Crippen molar-refractivity contribution in [2.45, 2.75) is 13.0 Å². The molecule has 0 saturated carbocycles. The molecule has 4 rings (SSSR count). The van der Waals surface area contributed by atoms with E-state index in [0.717, 1.165) is 5.56 Å². The number of hydrogen-bond donors (Lipinski definition) is 1. The number of rotatable bonds is 5. The first-order valence-corrected chi connectivity index (χ1v) is 10.2. The number of para-hydroxylation sites is 2. The van der Waals surface area contributed by atoms with Crippen molar-refractivity contribution < 1.29 is 14.3 Å². The number of esters is 1. The molecule has 0 bridgehead atoms. The molecule has 2 heterocycles. The number of benzene rings is 2. The van der Waals surface area contributed by atoms with Crippen molar-refractivity contribution in [2.75, 3.05) is 5.32 Å². The molecule has 9 heteroatoms. The van der Waals surface area contributed by atoms with Crippen LogP contribution in [0, 0.1) is 0 Å². The lowest BCUT2D eigenvalue weighted by atomic mass is 10.2. The zero-order valence-electron chi connectivity index (χ0n) is 15.7. The van der Waals surface area contributed by atoms with Crippen molar-refractivity contribution in [2.24, 2.45) is 0 Å². The monoisotopic (exact) mass is 438 g/mol. The summed E-state index contributed by atoms with van der Waals surface area (Å²) in [5.74, 6) is -1.23. The van der Waals surface area contributed by atoms with Crippen LogP contribution in [0.3, 0.4) is 0 Å². The third-order valence-corrected chi connectivity index (χ3v) is 5.28. The summed E-state index contributed by atoms with van der Waals surface area (Å²) in [6.07, 6.45) is 0.282. The molecule has 2 aromatic heterocycles. The van der Waals surface area contributed by atoms with E-state index in [1.807, 2.05) is 24.3 Å². The molecule has 1 unspecified atom stereocenters. The highest BCUT2D eigenvalue weighted by Gasteiger charge is 2.21. The van der Waals surface area contributed by atoms with Crippen LogP contribution in [0.25, 0.3) is 22.3 Å². The predicted octanol–water partition coefficient (Wildman–Crippen LogP) is 4.59. The lowest BCUT2D eigenvalue weighted by Crippen LogP contribution is -2.30. The molecule has 0 fully saturated rings. The van der Waals surface area contributed by atoms with Crippen LogP contribution in [-0.2, 0) is 9.53 Å². The van der Waals surface area contributed by atoms with Crippen LogP contribution < -0.4 is 5.32 Å². The van der Waals surface area contributed by atoms with E-state index in [4.69, 9.17) is 16.3 Å². The average molecular weight is 439 g/mol. The smallest absolute Gasteiger partial charge is 0.359 e. The number of carbonyl (C=O) groups is 2. The standard InChI is InChI=1S/C21H15ClN4O3S/c1-12(29-20(28)17-10-23-15-8-4-5-9-16(15)24-17)19(27)26-21-25-18(11-30-21)13-6-2-3-7-14(13)22/h2-12H,1H3,(H,25,26,27). The second-order valence-corrected chi connectivity index (χ2v) is 7.56. The van der Waals surface area contributed by atoms with Gasteiger partial charge in [0.05, 0.1) is 22.9 Å². The van der Waals surface area contributed by atoms with E-state index in [1.165, 1.54) is 24.5 Å². The van der Waals surface area contributed by atoms with Gasteiger partial charge >= 0.3 is 5.97 Å². The number of halogens is 1. The van der Waals surface area contributed by atoms with Crippen LogP contribution in [0.5, 0.6) is 0 Å². The van der Waals surface area contributed by atoms with E-state index in [1.54, 1.807) is 29.6 Å². The third kappa shape index (κ3) is 4.29. The minimum absolute atomic E-state index is 0.0311. The molecule has 0 aliphatic carbocycles. The van der Waals surface area contributed by atoms with E-state index in [9.17, 15) is 9.59 Å². The van der Waals surface area contributed by atoms with Gasteiger partial charge in [-0.15, -0.1) is 11.3 Å². The van der Waals surface area contributed by atoms with E-state index in [0.29, 0.717) is 26.9 Å². The summed E-state index contributed by atoms with van der Waals surface area (Å²) in [6.45, 7) is 1.48. The number of aromatic nitrogens is 3. The Hall–Kier alpha value is -3.36. The van der Waals surface area contributed by atoms with Gasteiger partial charge in [0.2, 0.25) is 0 Å². The Morgan fingerprint density at radius 2 is 1.80 bits per heavy atom. The number of nitrogens with zero attached hydrogens (tertiary/aromatic N) is 3. The minimum Gasteiger partial charge on any atom is -0.448 e. The lowest BCUT2D eigenvalue weighted by molar-refractivity contribution is -0.123. The first-order chi connectivity index (χ1) is 14.5. The highest BCUT2D eigenvalue weighted by Crippen LogP contribution is 2.30. The van der Waals surface area contributed by atoms with Gasteiger partial charge in [-0.2, -0.15) is 0 Å². The second-order valence-electron chi connectivity index (χ2n) is 6.30. The van der Waals surface area contributed by atoms with Crippen LogP contribution in [0.15, 0.2) is 60.1 Å². The van der Waals surface area contributed by atoms with Crippen molar-refractivity contribution >= 4 is 51.0 Å². The van der Waals surface area contributed by atoms with Crippen molar-refractivity contribution in [1.82, 2.24) is 15.0 Å². The summed E-state index contributed by atoms with van der Waals surface area (Å²) in [7, 11) is 0. The number of ether oxygens (including phenoxy) is 1. The molecule has 0 saturated heterocycles. The molecule has 0 spiro atoms. The van der Waals surface area contributed by atoms with Gasteiger partial charge in [-0.25, -0.2) is 14.8 Å². The number of anilines is 1. The maximum Gasteiger partial charge on any atom is 0.359 e. The zero-order valence-corrected chi connectivity index (χ0v) is 17.3. The lowest BCUT2D eigenvalue weighted by Gasteiger charge is -2.12. The van der Waals surface area contributed by atoms with Crippen LogP contribution in [0.2, 0.25) is 5.02 Å². The van der Waals surface area contributed by atoms with E-state index in [2.05, 4.69) is 20.3 Å². The maximum atomic E-state index is 12.4. The Morgan fingerprint density at radius 1 is 1.07 bits per heavy atom. The van der Waals surface area contributed by atoms with Crippen LogP contribution in [-0.4, -0.2) is 32.9 Å². The van der Waals surface area contributed by atoms with Gasteiger partial charge in [0, 0.05) is 16.0 Å². The molecule has 7 nitrogen and oxygen atoms in total. The zero-order chi connectivity index (χ0) is 21.1. The topological polar surface area (TPSA) is 94.1 Å². The van der Waals surface area contributed by atoms with Gasteiger partial charge in [0.15, 0.2) is 16.9 Å². The van der Waals surface area contributed by atoms with E-state index < -0.39 is 18.0 Å². The molecule has 4 aromatic rings. The Morgan fingerprint density at radius 3 is 2.60 bits per heavy atom. The fourth-order valence-electron chi connectivity index (χ4n) is 2.66. The molecule has 0 aliphatic rings. The molecule has 1 N–H and O–H groups in total. The summed E-state index contributed by atoms with van der Waals surface area (Å²) in [5.41, 5.74) is 2.68. The van der Waals surface area contributed by atoms with E-state index >= 15 is 0 Å². The predicted molar refractivity (Wildman–Crippen MR) is 116 cm³/mol. The number of thiazole rings is 1. The quantitative estimate of drug-likeness (QED) is 0.458. The van der Waals surface area contributed by atoms with Gasteiger partial charge in [0.1, 0.15) is 0 Å². The normalized spacial score (nSPS) is 11.8. The number of amides is 1. The fraction of sp³-hybridized carbons (Fsp3) is 0.0952. The van der Waals surface area contributed by atoms with Gasteiger partial charge in [0.25, 0.3) is 5.91 Å². The average Bonchev–Trinajstić information content (AvgIpc) is 3.21. The van der Waals surface area contributed by atoms with Crippen molar-refractivity contribution in [3.8, 4) is 11.3 Å². The van der Waals surface area contributed by atoms with Crippen LogP contribution in [0.1, 0.15) is 17.4 Å². The Labute approximate surface area is 180 Å². The van der Waals surface area contributed by atoms with Gasteiger partial charge < -0.3 is 4.74 Å². The second kappa shape index (κ2) is 8.56. The van der Waals surface area contributed by atoms with Crippen molar-refractivity contribution in [3.05, 3.63) is 70.8 Å². The van der Waals surface area contributed by atoms with Crippen LogP contribution >= 0.6 is 22.9 Å². The summed E-state index contributed by atoms with van der Waals surface area (Å²) in [4.78, 5) is 37.5. The number of fused-ring (bicyclic) bond motifs is 1. The molecular weight excluding hydrogens is 424 g/mol. The minimum atomic E-state index is -1.04. The number of hydrogen-bond acceptors (Lipinski definition) is 7. The molecule has 2 aromatic carbocycles. The first-order valence-electron chi connectivity index (χ1n) is 8.95. The first kappa shape index (κ1) is 19.9. The molecule has 30 heavy (non-hydrogen) atoms. The molecule has 1 atom stereocenters. The summed E-state index contributed by atoms with van der Waals surface area (Å²) in [5, 5.41) is 5.39. The maximum absolute atomic E-state index is 12.4. The molecule has 1 amide bonds. The van der Waals surface area contributed by atoms with Gasteiger partial charge in [-0.1, -0.05) is 41.9 Å². The number of nitrogens with one attached hydrogen (secondary N) is 1. The molecule has 0 radical (unpaired) electrons. The SMILES string of the molecule is CC(OC(=O)c1cnc2ccccc2n1)C(=O)Nc1nc(-c2ccccc2Cl)cs1. The van der Waals surface area contributed by atoms with Crippen molar-refractivity contribution in [1.29, 1.82) is 0 Å². The molecule has 150 valence electrons. The third-order valence-electron chi connectivity index (χ3n) is 4.19. The summed E-state index contributed by atoms with van der Waals surface area (Å²) < 4.78 is 5.23. The van der Waals surface area contributed by atoms with Crippen molar-refractivity contribution in [3.63, 3.8) is 0 Å². The highest BCUT2D eigenvalue weighted by atomic mass is 35.5. The Balaban J connectivity index is 1.41. The van der Waals surface area contributed by atoms with Gasteiger partial charge in [-0.05, 0) is 25.1 Å². The van der Waals surface area contributed by atoms with Crippen LogP contribution in [0.4, 0.5) is 5.13 Å². The molecular formula is C21H15ClN4O3S. The van der Waals surface area contributed by atoms with E-state index in [-0.39, 0.29) is 5.69 Å². The summed E-state index contributed by atoms with van der Waals surface area (Å²) in [6, 6.07) is 14.5. The fourth-order valence-corrected chi connectivity index (χ4v) is 3.61. The Bertz CT molecular complexity index is 1240.